The van der Waals surface area contributed by atoms with E-state index in [1.165, 1.54) is 17.0 Å². The van der Waals surface area contributed by atoms with E-state index in [-0.39, 0.29) is 29.1 Å². The molecule has 3 aromatic carbocycles. The largest absolute Gasteiger partial charge is 0.494 e. The Hall–Kier alpha value is -2.79. The highest BCUT2D eigenvalue weighted by atomic mass is 79.9. The van der Waals surface area contributed by atoms with Gasteiger partial charge in [-0.3, -0.25) is 13.9 Å². The van der Waals surface area contributed by atoms with Crippen LogP contribution in [0.15, 0.2) is 76.1 Å². The summed E-state index contributed by atoms with van der Waals surface area (Å²) in [6.45, 7) is 7.15. The van der Waals surface area contributed by atoms with Gasteiger partial charge in [-0.25, -0.2) is 8.42 Å². The van der Waals surface area contributed by atoms with E-state index in [0.717, 1.165) is 4.31 Å². The summed E-state index contributed by atoms with van der Waals surface area (Å²) in [5.41, 5.74) is 0.894. The lowest BCUT2D eigenvalue weighted by Crippen LogP contribution is -2.52. The van der Waals surface area contributed by atoms with Crippen molar-refractivity contribution in [2.45, 2.75) is 57.6 Å². The number of hydrogen-bond donors (Lipinski definition) is 1. The minimum atomic E-state index is -4.19. The van der Waals surface area contributed by atoms with Gasteiger partial charge in [0, 0.05) is 17.1 Å². The van der Waals surface area contributed by atoms with Gasteiger partial charge < -0.3 is 15.0 Å². The van der Waals surface area contributed by atoms with Crippen LogP contribution in [0.25, 0.3) is 0 Å². The first-order valence-electron chi connectivity index (χ1n) is 13.4. The molecule has 0 aliphatic heterocycles. The van der Waals surface area contributed by atoms with Gasteiger partial charge in [-0.15, -0.1) is 0 Å². The number of hydrogen-bond acceptors (Lipinski definition) is 5. The summed E-state index contributed by atoms with van der Waals surface area (Å²) in [7, 11) is -4.19. The zero-order valence-electron chi connectivity index (χ0n) is 23.8. The van der Waals surface area contributed by atoms with Gasteiger partial charge in [-0.2, -0.15) is 0 Å². The molecule has 0 bridgehead atoms. The van der Waals surface area contributed by atoms with E-state index >= 15 is 0 Å². The first-order chi connectivity index (χ1) is 19.9. The Kier molecular flexibility index (Phi) is 12.1. The molecular formula is C30H34BrCl2N3O5S. The number of benzene rings is 3. The first-order valence-corrected chi connectivity index (χ1v) is 16.4. The number of nitrogens with zero attached hydrogens (tertiary/aromatic N) is 2. The van der Waals surface area contributed by atoms with Crippen LogP contribution in [0.1, 0.15) is 39.7 Å². The molecule has 3 rings (SSSR count). The second-order valence-corrected chi connectivity index (χ2v) is 13.2. The molecule has 0 aromatic heterocycles. The summed E-state index contributed by atoms with van der Waals surface area (Å²) >= 11 is 15.6. The molecule has 42 heavy (non-hydrogen) atoms. The van der Waals surface area contributed by atoms with Crippen LogP contribution in [0.4, 0.5) is 5.69 Å². The summed E-state index contributed by atoms with van der Waals surface area (Å²) in [4.78, 5) is 28.6. The van der Waals surface area contributed by atoms with Crippen LogP contribution in [0.5, 0.6) is 5.75 Å². The van der Waals surface area contributed by atoms with Crippen LogP contribution in [0, 0.1) is 0 Å². The Labute approximate surface area is 266 Å². The van der Waals surface area contributed by atoms with Crippen LogP contribution in [0.3, 0.4) is 0 Å². The van der Waals surface area contributed by atoms with Crippen LogP contribution < -0.4 is 14.4 Å². The summed E-state index contributed by atoms with van der Waals surface area (Å²) < 4.78 is 35.1. The Balaban J connectivity index is 2.04. The van der Waals surface area contributed by atoms with Gasteiger partial charge in [-0.1, -0.05) is 52.1 Å². The SMILES string of the molecule is CCOc1ccc(N(CC(=O)N(Cc2ccc(Cl)c(Cl)c2)[C@H](C)C(=O)N[C@@H](C)CC)S(=O)(=O)c2ccc(Br)cc2)cc1. The molecule has 226 valence electrons. The Morgan fingerprint density at radius 2 is 1.60 bits per heavy atom. The van der Waals surface area contributed by atoms with Crippen molar-refractivity contribution in [3.8, 4) is 5.75 Å². The van der Waals surface area contributed by atoms with Crippen molar-refractivity contribution < 1.29 is 22.7 Å². The van der Waals surface area contributed by atoms with E-state index in [1.807, 2.05) is 20.8 Å². The molecule has 0 saturated heterocycles. The fraction of sp³-hybridized carbons (Fsp3) is 0.333. The third kappa shape index (κ3) is 8.63. The molecule has 0 aliphatic rings. The predicted octanol–water partition coefficient (Wildman–Crippen LogP) is 6.68. The van der Waals surface area contributed by atoms with Gasteiger partial charge in [0.1, 0.15) is 18.3 Å². The van der Waals surface area contributed by atoms with Crippen LogP contribution in [0.2, 0.25) is 10.0 Å². The minimum Gasteiger partial charge on any atom is -0.494 e. The average Bonchev–Trinajstić information content (AvgIpc) is 2.96. The maximum absolute atomic E-state index is 14.0. The number of halogens is 3. The Bertz CT molecular complexity index is 1490. The van der Waals surface area contributed by atoms with Crippen molar-refractivity contribution in [1.82, 2.24) is 10.2 Å². The summed E-state index contributed by atoms with van der Waals surface area (Å²) in [6.07, 6.45) is 0.705. The number of carbonyl (C=O) groups is 2. The van der Waals surface area contributed by atoms with Crippen molar-refractivity contribution in [3.05, 3.63) is 86.8 Å². The number of rotatable bonds is 13. The van der Waals surface area contributed by atoms with E-state index in [1.54, 1.807) is 61.5 Å². The lowest BCUT2D eigenvalue weighted by molar-refractivity contribution is -0.139. The molecule has 2 amide bonds. The third-order valence-corrected chi connectivity index (χ3v) is 9.68. The quantitative estimate of drug-likeness (QED) is 0.215. The normalized spacial score (nSPS) is 12.7. The van der Waals surface area contributed by atoms with Gasteiger partial charge in [0.25, 0.3) is 10.0 Å². The van der Waals surface area contributed by atoms with E-state index in [9.17, 15) is 18.0 Å². The molecule has 0 saturated carbocycles. The van der Waals surface area contributed by atoms with Gasteiger partial charge in [0.05, 0.1) is 27.2 Å². The number of nitrogens with one attached hydrogen (secondary N) is 1. The zero-order valence-corrected chi connectivity index (χ0v) is 27.7. The maximum atomic E-state index is 14.0. The minimum absolute atomic E-state index is 0.000262. The monoisotopic (exact) mass is 697 g/mol. The van der Waals surface area contributed by atoms with Crippen LogP contribution in [-0.4, -0.2) is 50.4 Å². The topological polar surface area (TPSA) is 96.0 Å². The molecule has 1 N–H and O–H groups in total. The molecule has 0 unspecified atom stereocenters. The fourth-order valence-corrected chi connectivity index (χ4v) is 6.02. The van der Waals surface area contributed by atoms with E-state index in [2.05, 4.69) is 21.2 Å². The molecular weight excluding hydrogens is 665 g/mol. The highest BCUT2D eigenvalue weighted by Crippen LogP contribution is 2.28. The van der Waals surface area contributed by atoms with Gasteiger partial charge in [0.2, 0.25) is 11.8 Å². The summed E-state index contributed by atoms with van der Waals surface area (Å²) in [6, 6.07) is 16.5. The van der Waals surface area contributed by atoms with E-state index in [4.69, 9.17) is 27.9 Å². The van der Waals surface area contributed by atoms with E-state index < -0.39 is 28.5 Å². The molecule has 8 nitrogen and oxygen atoms in total. The molecule has 0 spiro atoms. The maximum Gasteiger partial charge on any atom is 0.264 e. The highest BCUT2D eigenvalue weighted by Gasteiger charge is 2.33. The van der Waals surface area contributed by atoms with Gasteiger partial charge >= 0.3 is 0 Å². The third-order valence-electron chi connectivity index (χ3n) is 6.62. The average molecular weight is 699 g/mol. The molecule has 0 aliphatic carbocycles. The molecule has 0 heterocycles. The second-order valence-electron chi connectivity index (χ2n) is 9.66. The van der Waals surface area contributed by atoms with E-state index in [0.29, 0.717) is 38.9 Å². The van der Waals surface area contributed by atoms with Gasteiger partial charge in [-0.05, 0) is 93.4 Å². The first kappa shape index (κ1) is 33.7. The standard InChI is InChI=1S/C30H34BrCl2N3O5S/c1-5-20(3)34-30(38)21(4)35(18-22-7-16-27(32)28(33)17-22)29(37)19-36(24-10-12-25(13-11-24)41-6-2)42(39,40)26-14-8-23(31)9-15-26/h7-17,20-21H,5-6,18-19H2,1-4H3,(H,34,38)/t20-,21+/m0/s1. The van der Waals surface area contributed by atoms with Crippen molar-refractivity contribution in [1.29, 1.82) is 0 Å². The van der Waals surface area contributed by atoms with Crippen LogP contribution >= 0.6 is 39.1 Å². The highest BCUT2D eigenvalue weighted by molar-refractivity contribution is 9.10. The smallest absolute Gasteiger partial charge is 0.264 e. The van der Waals surface area contributed by atoms with Crippen molar-refractivity contribution >= 4 is 66.7 Å². The summed E-state index contributed by atoms with van der Waals surface area (Å²) in [5, 5.41) is 3.55. The number of carbonyl (C=O) groups excluding carboxylic acids is 2. The van der Waals surface area contributed by atoms with Crippen LogP contribution in [-0.2, 0) is 26.2 Å². The van der Waals surface area contributed by atoms with Crippen molar-refractivity contribution in [2.75, 3.05) is 17.5 Å². The number of sulfonamides is 1. The molecule has 2 atom stereocenters. The summed E-state index contributed by atoms with van der Waals surface area (Å²) in [5.74, 6) is -0.381. The molecule has 12 heteroatoms. The van der Waals surface area contributed by atoms with Crippen molar-refractivity contribution in [2.24, 2.45) is 0 Å². The lowest BCUT2D eigenvalue weighted by atomic mass is 10.1. The Morgan fingerprint density at radius 1 is 0.952 bits per heavy atom. The zero-order chi connectivity index (χ0) is 31.0. The number of amides is 2. The number of anilines is 1. The molecule has 0 radical (unpaired) electrons. The predicted molar refractivity (Wildman–Crippen MR) is 171 cm³/mol. The van der Waals surface area contributed by atoms with Gasteiger partial charge in [0.15, 0.2) is 0 Å². The molecule has 3 aromatic rings. The van der Waals surface area contributed by atoms with Crippen molar-refractivity contribution in [3.63, 3.8) is 0 Å². The fourth-order valence-electron chi connectivity index (χ4n) is 4.02. The molecule has 0 fully saturated rings. The lowest BCUT2D eigenvalue weighted by Gasteiger charge is -2.32. The Morgan fingerprint density at radius 3 is 2.17 bits per heavy atom. The second kappa shape index (κ2) is 15.1. The number of ether oxygens (including phenoxy) is 1.